The van der Waals surface area contributed by atoms with Crippen molar-refractivity contribution in [2.45, 2.75) is 0 Å². The fourth-order valence-electron chi connectivity index (χ4n) is 2.09. The van der Waals surface area contributed by atoms with E-state index in [1.54, 1.807) is 24.0 Å². The monoisotopic (exact) mass is 286 g/mol. The molecule has 0 saturated carbocycles. The fraction of sp³-hybridized carbons (Fsp3) is 0.0714. The SMILES string of the molecule is Cn1nc2ccccc2c1C(=O)Nc1cncc(Cl)c1. The number of nitrogens with one attached hydrogen (secondary N) is 1. The number of hydrogen-bond donors (Lipinski definition) is 1. The molecule has 3 aromatic rings. The Morgan fingerprint density at radius 2 is 2.10 bits per heavy atom. The van der Waals surface area contributed by atoms with Crippen LogP contribution < -0.4 is 5.32 Å². The Bertz CT molecular complexity index is 797. The molecule has 1 N–H and O–H groups in total. The number of nitrogens with zero attached hydrogens (tertiary/aromatic N) is 3. The van der Waals surface area contributed by atoms with Crippen LogP contribution in [-0.4, -0.2) is 20.7 Å². The van der Waals surface area contributed by atoms with E-state index in [2.05, 4.69) is 15.4 Å². The Kier molecular flexibility index (Phi) is 3.12. The summed E-state index contributed by atoms with van der Waals surface area (Å²) in [4.78, 5) is 16.3. The Balaban J connectivity index is 1.99. The van der Waals surface area contributed by atoms with Crippen molar-refractivity contribution in [3.8, 4) is 0 Å². The first kappa shape index (κ1) is 12.6. The fourth-order valence-corrected chi connectivity index (χ4v) is 2.26. The number of aromatic nitrogens is 3. The van der Waals surface area contributed by atoms with Crippen molar-refractivity contribution in [3.05, 3.63) is 53.4 Å². The van der Waals surface area contributed by atoms with Gasteiger partial charge in [-0.1, -0.05) is 29.8 Å². The molecule has 0 radical (unpaired) electrons. The van der Waals surface area contributed by atoms with Gasteiger partial charge in [0.15, 0.2) is 0 Å². The van der Waals surface area contributed by atoms with Crippen LogP contribution >= 0.6 is 11.6 Å². The predicted molar refractivity (Wildman–Crippen MR) is 77.9 cm³/mol. The summed E-state index contributed by atoms with van der Waals surface area (Å²) in [5.41, 5.74) is 1.83. The van der Waals surface area contributed by atoms with Crippen molar-refractivity contribution in [1.82, 2.24) is 14.8 Å². The summed E-state index contributed by atoms with van der Waals surface area (Å²) in [6.45, 7) is 0. The number of aryl methyl sites for hydroxylation is 1. The van der Waals surface area contributed by atoms with Crippen LogP contribution in [0.2, 0.25) is 5.02 Å². The van der Waals surface area contributed by atoms with Crippen LogP contribution in [0.5, 0.6) is 0 Å². The van der Waals surface area contributed by atoms with E-state index in [0.717, 1.165) is 10.9 Å². The van der Waals surface area contributed by atoms with Crippen molar-refractivity contribution in [1.29, 1.82) is 0 Å². The molecule has 5 nitrogen and oxygen atoms in total. The molecule has 0 aliphatic rings. The van der Waals surface area contributed by atoms with E-state index in [1.807, 2.05) is 24.3 Å². The minimum Gasteiger partial charge on any atom is -0.319 e. The van der Waals surface area contributed by atoms with Crippen LogP contribution in [0.4, 0.5) is 5.69 Å². The predicted octanol–water partition coefficient (Wildman–Crippen LogP) is 2.87. The molecule has 0 aliphatic carbocycles. The van der Waals surface area contributed by atoms with Gasteiger partial charge in [0, 0.05) is 18.6 Å². The summed E-state index contributed by atoms with van der Waals surface area (Å²) in [5, 5.41) is 8.36. The maximum atomic E-state index is 12.4. The van der Waals surface area contributed by atoms with E-state index >= 15 is 0 Å². The van der Waals surface area contributed by atoms with Gasteiger partial charge in [-0.2, -0.15) is 5.10 Å². The van der Waals surface area contributed by atoms with Crippen LogP contribution in [-0.2, 0) is 7.05 Å². The van der Waals surface area contributed by atoms with Crippen LogP contribution in [0.15, 0.2) is 42.7 Å². The van der Waals surface area contributed by atoms with E-state index in [4.69, 9.17) is 11.6 Å². The molecule has 0 saturated heterocycles. The second-order valence-corrected chi connectivity index (χ2v) is 4.77. The van der Waals surface area contributed by atoms with Gasteiger partial charge in [-0.15, -0.1) is 0 Å². The largest absolute Gasteiger partial charge is 0.319 e. The van der Waals surface area contributed by atoms with Crippen molar-refractivity contribution in [2.75, 3.05) is 5.32 Å². The van der Waals surface area contributed by atoms with E-state index in [9.17, 15) is 4.79 Å². The standard InChI is InChI=1S/C14H11ClN4O/c1-19-13(11-4-2-3-5-12(11)18-19)14(20)17-10-6-9(15)7-16-8-10/h2-8H,1H3,(H,17,20). The number of benzene rings is 1. The second kappa shape index (κ2) is 4.94. The zero-order valence-corrected chi connectivity index (χ0v) is 11.4. The van der Waals surface area contributed by atoms with Gasteiger partial charge in [0.1, 0.15) is 5.69 Å². The molecule has 1 amide bonds. The number of rotatable bonds is 2. The van der Waals surface area contributed by atoms with Crippen molar-refractivity contribution in [2.24, 2.45) is 7.05 Å². The molecule has 0 spiro atoms. The Labute approximate surface area is 120 Å². The molecule has 6 heteroatoms. The Morgan fingerprint density at radius 1 is 1.30 bits per heavy atom. The third-order valence-electron chi connectivity index (χ3n) is 2.92. The molecule has 2 aromatic heterocycles. The number of pyridine rings is 1. The number of carbonyl (C=O) groups is 1. The minimum atomic E-state index is -0.245. The van der Waals surface area contributed by atoms with E-state index in [1.165, 1.54) is 6.20 Å². The highest BCUT2D eigenvalue weighted by molar-refractivity contribution is 6.30. The van der Waals surface area contributed by atoms with Gasteiger partial charge < -0.3 is 5.32 Å². The molecule has 3 rings (SSSR count). The van der Waals surface area contributed by atoms with Crippen molar-refractivity contribution < 1.29 is 4.79 Å². The summed E-state index contributed by atoms with van der Waals surface area (Å²) in [6.07, 6.45) is 3.05. The van der Waals surface area contributed by atoms with E-state index in [-0.39, 0.29) is 5.91 Å². The lowest BCUT2D eigenvalue weighted by Crippen LogP contribution is -2.16. The van der Waals surface area contributed by atoms with Crippen LogP contribution in [0.3, 0.4) is 0 Å². The van der Waals surface area contributed by atoms with Crippen molar-refractivity contribution >= 4 is 34.1 Å². The number of fused-ring (bicyclic) bond motifs is 1. The highest BCUT2D eigenvalue weighted by atomic mass is 35.5. The van der Waals surface area contributed by atoms with Crippen molar-refractivity contribution in [3.63, 3.8) is 0 Å². The summed E-state index contributed by atoms with van der Waals surface area (Å²) in [7, 11) is 1.74. The Morgan fingerprint density at radius 3 is 2.90 bits per heavy atom. The number of anilines is 1. The molecular formula is C14H11ClN4O. The molecule has 0 unspecified atom stereocenters. The van der Waals surface area contributed by atoms with E-state index in [0.29, 0.717) is 16.4 Å². The third-order valence-corrected chi connectivity index (χ3v) is 3.13. The number of carbonyl (C=O) groups excluding carboxylic acids is 1. The lowest BCUT2D eigenvalue weighted by atomic mass is 10.2. The summed E-state index contributed by atoms with van der Waals surface area (Å²) >= 11 is 5.85. The van der Waals surface area contributed by atoms with Gasteiger partial charge in [-0.3, -0.25) is 14.5 Å². The molecule has 20 heavy (non-hydrogen) atoms. The summed E-state index contributed by atoms with van der Waals surface area (Å²) < 4.78 is 1.57. The first-order valence-electron chi connectivity index (χ1n) is 5.99. The highest BCUT2D eigenvalue weighted by Crippen LogP contribution is 2.19. The third kappa shape index (κ3) is 2.23. The maximum absolute atomic E-state index is 12.4. The van der Waals surface area contributed by atoms with Crippen LogP contribution in [0.25, 0.3) is 10.9 Å². The molecule has 0 aliphatic heterocycles. The molecule has 0 atom stereocenters. The van der Waals surface area contributed by atoms with Gasteiger partial charge in [-0.05, 0) is 12.1 Å². The zero-order valence-electron chi connectivity index (χ0n) is 10.7. The van der Waals surface area contributed by atoms with Crippen LogP contribution in [0.1, 0.15) is 10.5 Å². The van der Waals surface area contributed by atoms with Gasteiger partial charge in [0.25, 0.3) is 5.91 Å². The lowest BCUT2D eigenvalue weighted by Gasteiger charge is -2.05. The molecular weight excluding hydrogens is 276 g/mol. The molecule has 0 fully saturated rings. The maximum Gasteiger partial charge on any atom is 0.274 e. The molecule has 2 heterocycles. The van der Waals surface area contributed by atoms with Gasteiger partial charge in [-0.25, -0.2) is 0 Å². The topological polar surface area (TPSA) is 59.8 Å². The average Bonchev–Trinajstić information content (AvgIpc) is 2.74. The number of hydrogen-bond acceptors (Lipinski definition) is 3. The lowest BCUT2D eigenvalue weighted by molar-refractivity contribution is 0.101. The van der Waals surface area contributed by atoms with Gasteiger partial charge in [0.2, 0.25) is 0 Å². The van der Waals surface area contributed by atoms with Gasteiger partial charge >= 0.3 is 0 Å². The quantitative estimate of drug-likeness (QED) is 0.788. The molecule has 1 aromatic carbocycles. The first-order valence-corrected chi connectivity index (χ1v) is 6.36. The zero-order chi connectivity index (χ0) is 14.1. The molecule has 100 valence electrons. The Hall–Kier alpha value is -2.40. The number of halogens is 1. The smallest absolute Gasteiger partial charge is 0.274 e. The highest BCUT2D eigenvalue weighted by Gasteiger charge is 2.16. The van der Waals surface area contributed by atoms with E-state index < -0.39 is 0 Å². The first-order chi connectivity index (χ1) is 9.65. The van der Waals surface area contributed by atoms with Gasteiger partial charge in [0.05, 0.1) is 22.4 Å². The summed E-state index contributed by atoms with van der Waals surface area (Å²) in [6, 6.07) is 9.14. The average molecular weight is 287 g/mol. The second-order valence-electron chi connectivity index (χ2n) is 4.34. The van der Waals surface area contributed by atoms with Crippen LogP contribution in [0, 0.1) is 0 Å². The molecule has 0 bridgehead atoms. The summed E-state index contributed by atoms with van der Waals surface area (Å²) in [5.74, 6) is -0.245. The minimum absolute atomic E-state index is 0.245. The number of amides is 1. The normalized spacial score (nSPS) is 10.7.